The molecule has 0 aromatic heterocycles. The number of Topliss-reactive ketones (excluding diaryl/α,β-unsaturated/α-hetero) is 1. The van der Waals surface area contributed by atoms with Gasteiger partial charge in [0.25, 0.3) is 0 Å². The van der Waals surface area contributed by atoms with E-state index >= 15 is 0 Å². The molecule has 0 saturated heterocycles. The van der Waals surface area contributed by atoms with Crippen LogP contribution in [0.15, 0.2) is 48.6 Å². The highest BCUT2D eigenvalue weighted by Crippen LogP contribution is 2.34. The Hall–Kier alpha value is -3.42. The van der Waals surface area contributed by atoms with E-state index in [0.717, 1.165) is 0 Å². The summed E-state index contributed by atoms with van der Waals surface area (Å²) in [5.74, 6) is -1.85. The molecule has 1 N–H and O–H groups in total. The summed E-state index contributed by atoms with van der Waals surface area (Å²) in [7, 11) is 1.33. The van der Waals surface area contributed by atoms with Gasteiger partial charge in [-0.25, -0.2) is 9.59 Å². The second-order valence-corrected chi connectivity index (χ2v) is 5.45. The third-order valence-corrected chi connectivity index (χ3v) is 3.82. The van der Waals surface area contributed by atoms with Crippen LogP contribution in [0.5, 0.6) is 5.75 Å². The van der Waals surface area contributed by atoms with Gasteiger partial charge in [0.15, 0.2) is 0 Å². The average molecular weight is 373 g/mol. The molecule has 2 atom stereocenters. The molecule has 142 valence electrons. The Morgan fingerprint density at radius 2 is 1.96 bits per heavy atom. The highest BCUT2D eigenvalue weighted by molar-refractivity contribution is 6.09. The van der Waals surface area contributed by atoms with Crippen molar-refractivity contribution in [3.05, 3.63) is 54.1 Å². The van der Waals surface area contributed by atoms with Crippen molar-refractivity contribution in [3.63, 3.8) is 0 Å². The van der Waals surface area contributed by atoms with E-state index in [1.165, 1.54) is 37.4 Å². The Morgan fingerprint density at radius 1 is 1.22 bits per heavy atom. The number of carbonyl (C=O) groups excluding carboxylic acids is 4. The van der Waals surface area contributed by atoms with Gasteiger partial charge in [-0.05, 0) is 25.1 Å². The third kappa shape index (κ3) is 4.22. The summed E-state index contributed by atoms with van der Waals surface area (Å²) in [6.07, 6.45) is 4.47. The number of hydrogen-bond donors (Lipinski definition) is 1. The number of para-hydroxylation sites is 1. The van der Waals surface area contributed by atoms with E-state index in [2.05, 4.69) is 5.32 Å². The number of carbonyl (C=O) groups is 4. The van der Waals surface area contributed by atoms with Crippen molar-refractivity contribution in [2.45, 2.75) is 12.5 Å². The lowest BCUT2D eigenvalue weighted by molar-refractivity contribution is -0.113. The summed E-state index contributed by atoms with van der Waals surface area (Å²) in [5, 5.41) is 2.26. The summed E-state index contributed by atoms with van der Waals surface area (Å²) in [6.45, 7) is 1.71. The van der Waals surface area contributed by atoms with Crippen LogP contribution in [-0.2, 0) is 14.3 Å². The summed E-state index contributed by atoms with van der Waals surface area (Å²) in [5.41, 5.74) is -1.95. The van der Waals surface area contributed by atoms with Crippen LogP contribution >= 0.6 is 0 Å². The molecule has 2 unspecified atom stereocenters. The number of allylic oxidation sites excluding steroid dienone is 2. The van der Waals surface area contributed by atoms with Crippen LogP contribution < -0.4 is 10.1 Å². The van der Waals surface area contributed by atoms with E-state index in [1.807, 2.05) is 0 Å². The van der Waals surface area contributed by atoms with E-state index in [1.54, 1.807) is 25.1 Å². The molecule has 1 aliphatic rings. The Bertz CT molecular complexity index is 799. The lowest BCUT2D eigenvalue weighted by atomic mass is 9.78. The molecule has 27 heavy (non-hydrogen) atoms. The van der Waals surface area contributed by atoms with Gasteiger partial charge in [-0.15, -0.1) is 0 Å². The number of aldehydes is 1. The quantitative estimate of drug-likeness (QED) is 0.353. The van der Waals surface area contributed by atoms with Crippen molar-refractivity contribution in [2.24, 2.45) is 5.92 Å². The van der Waals surface area contributed by atoms with Crippen molar-refractivity contribution in [1.29, 1.82) is 0 Å². The molecule has 0 heterocycles. The number of amides is 1. The van der Waals surface area contributed by atoms with Crippen molar-refractivity contribution in [1.82, 2.24) is 5.32 Å². The largest absolute Gasteiger partial charge is 0.513 e. The highest BCUT2D eigenvalue weighted by Gasteiger charge is 2.48. The molecule has 8 nitrogen and oxygen atoms in total. The second-order valence-electron chi connectivity index (χ2n) is 5.45. The minimum absolute atomic E-state index is 0.0405. The molecular formula is C19H19NO7. The minimum Gasteiger partial charge on any atom is -0.434 e. The topological polar surface area (TPSA) is 108 Å². The van der Waals surface area contributed by atoms with Crippen LogP contribution in [-0.4, -0.2) is 43.6 Å². The molecule has 0 spiro atoms. The lowest BCUT2D eigenvalue weighted by Gasteiger charge is -2.33. The SMILES string of the molecule is CCOC(=O)Oc1ccccc1C(=O)C1(OC(=O)NC)C=CC=CC1C=O. The summed E-state index contributed by atoms with van der Waals surface area (Å²) in [4.78, 5) is 48.4. The first-order chi connectivity index (χ1) is 13.0. The number of nitrogens with one attached hydrogen (secondary N) is 1. The van der Waals surface area contributed by atoms with E-state index in [-0.39, 0.29) is 17.9 Å². The number of alkyl carbamates (subject to hydrolysis) is 1. The normalized spacial score (nSPS) is 20.4. The first-order valence-electron chi connectivity index (χ1n) is 8.19. The van der Waals surface area contributed by atoms with Gasteiger partial charge in [0.2, 0.25) is 11.4 Å². The van der Waals surface area contributed by atoms with E-state index in [9.17, 15) is 19.2 Å². The fraction of sp³-hybridized carbons (Fsp3) is 0.263. The number of hydrogen-bond acceptors (Lipinski definition) is 7. The van der Waals surface area contributed by atoms with Crippen LogP contribution in [0.25, 0.3) is 0 Å². The summed E-state index contributed by atoms with van der Waals surface area (Å²) >= 11 is 0. The molecule has 1 aliphatic carbocycles. The van der Waals surface area contributed by atoms with Crippen molar-refractivity contribution in [3.8, 4) is 5.75 Å². The maximum absolute atomic E-state index is 13.3. The van der Waals surface area contributed by atoms with Crippen LogP contribution in [0.4, 0.5) is 9.59 Å². The summed E-state index contributed by atoms with van der Waals surface area (Å²) < 4.78 is 15.1. The number of rotatable bonds is 6. The highest BCUT2D eigenvalue weighted by atomic mass is 16.7. The third-order valence-electron chi connectivity index (χ3n) is 3.82. The van der Waals surface area contributed by atoms with Crippen LogP contribution in [0.1, 0.15) is 17.3 Å². The zero-order valence-corrected chi connectivity index (χ0v) is 14.8. The van der Waals surface area contributed by atoms with Gasteiger partial charge in [0.05, 0.1) is 18.1 Å². The molecule has 0 fully saturated rings. The first kappa shape index (κ1) is 19.9. The van der Waals surface area contributed by atoms with E-state index in [0.29, 0.717) is 6.29 Å². The Morgan fingerprint density at radius 3 is 2.63 bits per heavy atom. The number of ketones is 1. The zero-order valence-electron chi connectivity index (χ0n) is 14.8. The predicted molar refractivity (Wildman–Crippen MR) is 94.5 cm³/mol. The van der Waals surface area contributed by atoms with Gasteiger partial charge in [-0.1, -0.05) is 30.4 Å². The molecule has 1 aromatic carbocycles. The average Bonchev–Trinajstić information content (AvgIpc) is 2.68. The summed E-state index contributed by atoms with van der Waals surface area (Å²) in [6, 6.07) is 5.92. The predicted octanol–water partition coefficient (Wildman–Crippen LogP) is 2.44. The zero-order chi connectivity index (χ0) is 19.9. The first-order valence-corrected chi connectivity index (χ1v) is 8.19. The molecule has 2 rings (SSSR count). The molecule has 8 heteroatoms. The second kappa shape index (κ2) is 8.79. The van der Waals surface area contributed by atoms with E-state index < -0.39 is 29.6 Å². The Kier molecular flexibility index (Phi) is 6.48. The molecular weight excluding hydrogens is 354 g/mol. The van der Waals surface area contributed by atoms with Crippen LogP contribution in [0, 0.1) is 5.92 Å². The maximum Gasteiger partial charge on any atom is 0.513 e. The van der Waals surface area contributed by atoms with Crippen molar-refractivity contribution >= 4 is 24.3 Å². The monoisotopic (exact) mass is 373 g/mol. The molecule has 1 aromatic rings. The molecule has 0 radical (unpaired) electrons. The number of benzene rings is 1. The van der Waals surface area contributed by atoms with Gasteiger partial charge >= 0.3 is 12.2 Å². The molecule has 0 aliphatic heterocycles. The molecule has 0 bridgehead atoms. The van der Waals surface area contributed by atoms with Crippen molar-refractivity contribution in [2.75, 3.05) is 13.7 Å². The van der Waals surface area contributed by atoms with Crippen LogP contribution in [0.3, 0.4) is 0 Å². The standard InChI is InChI=1S/C19H19NO7/c1-3-25-18(24)26-15-10-5-4-9-14(15)16(22)19(27-17(23)20-2)11-7-6-8-13(19)12-21/h4-13H,3H2,1-2H3,(H,20,23). The minimum atomic E-state index is -1.91. The molecule has 1 amide bonds. The van der Waals surface area contributed by atoms with E-state index in [4.69, 9.17) is 14.2 Å². The van der Waals surface area contributed by atoms with Gasteiger partial charge in [-0.2, -0.15) is 0 Å². The fourth-order valence-corrected chi connectivity index (χ4v) is 2.55. The Balaban J connectivity index is 2.49. The maximum atomic E-state index is 13.3. The van der Waals surface area contributed by atoms with Gasteiger partial charge in [0, 0.05) is 7.05 Å². The number of ether oxygens (including phenoxy) is 3. The van der Waals surface area contributed by atoms with Crippen molar-refractivity contribution < 1.29 is 33.4 Å². The lowest BCUT2D eigenvalue weighted by Crippen LogP contribution is -2.50. The van der Waals surface area contributed by atoms with Crippen LogP contribution in [0.2, 0.25) is 0 Å². The van der Waals surface area contributed by atoms with Gasteiger partial charge in [0.1, 0.15) is 12.0 Å². The van der Waals surface area contributed by atoms with Gasteiger partial charge < -0.3 is 24.3 Å². The Labute approximate surface area is 155 Å². The van der Waals surface area contributed by atoms with Gasteiger partial charge in [-0.3, -0.25) is 4.79 Å². The fourth-order valence-electron chi connectivity index (χ4n) is 2.55. The molecule has 0 saturated carbocycles. The smallest absolute Gasteiger partial charge is 0.434 e.